The van der Waals surface area contributed by atoms with Crippen molar-refractivity contribution in [3.63, 3.8) is 0 Å². The predicted octanol–water partition coefficient (Wildman–Crippen LogP) is 4.12. The van der Waals surface area contributed by atoms with Crippen molar-refractivity contribution in [3.8, 4) is 0 Å². The van der Waals surface area contributed by atoms with E-state index in [0.717, 1.165) is 29.9 Å². The summed E-state index contributed by atoms with van der Waals surface area (Å²) < 4.78 is 0. The molecule has 21 heavy (non-hydrogen) atoms. The van der Waals surface area contributed by atoms with Gasteiger partial charge in [-0.25, -0.2) is 0 Å². The number of nitrogens with zero attached hydrogens (tertiary/aromatic N) is 2. The summed E-state index contributed by atoms with van der Waals surface area (Å²) in [6, 6.07) is 4.68. The molecular weight excluding hydrogens is 288 g/mol. The van der Waals surface area contributed by atoms with E-state index in [4.69, 9.17) is 11.6 Å². The molecule has 0 N–H and O–H groups in total. The van der Waals surface area contributed by atoms with Gasteiger partial charge >= 0.3 is 0 Å². The monoisotopic (exact) mass is 308 g/mol. The van der Waals surface area contributed by atoms with Crippen LogP contribution in [0.4, 0.5) is 5.69 Å². The third-order valence-corrected chi connectivity index (χ3v) is 5.48. The molecule has 5 heteroatoms. The van der Waals surface area contributed by atoms with Gasteiger partial charge in [0, 0.05) is 30.2 Å². The van der Waals surface area contributed by atoms with Crippen molar-refractivity contribution in [1.29, 1.82) is 0 Å². The second-order valence-corrected chi connectivity index (χ2v) is 7.07. The fourth-order valence-corrected chi connectivity index (χ4v) is 4.33. The smallest absolute Gasteiger partial charge is 0.269 e. The third-order valence-electron chi connectivity index (χ3n) is 5.11. The van der Waals surface area contributed by atoms with Crippen molar-refractivity contribution < 1.29 is 4.92 Å². The molecule has 1 aromatic carbocycles. The number of benzene rings is 1. The maximum Gasteiger partial charge on any atom is 0.269 e. The molecule has 1 aromatic rings. The third kappa shape index (κ3) is 3.22. The molecule has 114 valence electrons. The number of non-ortho nitro benzene ring substituents is 1. The van der Waals surface area contributed by atoms with Crippen molar-refractivity contribution in [2.45, 2.75) is 32.2 Å². The van der Waals surface area contributed by atoms with Crippen LogP contribution in [0.2, 0.25) is 5.02 Å². The maximum atomic E-state index is 10.9. The number of nitro groups is 1. The van der Waals surface area contributed by atoms with Crippen LogP contribution in [0.5, 0.6) is 0 Å². The van der Waals surface area contributed by atoms with Crippen LogP contribution in [0.15, 0.2) is 18.2 Å². The Labute approximate surface area is 130 Å². The van der Waals surface area contributed by atoms with Crippen LogP contribution in [0, 0.1) is 27.9 Å². The molecule has 4 nitrogen and oxygen atoms in total. The number of fused-ring (bicyclic) bond motifs is 2. The molecule has 3 unspecified atom stereocenters. The zero-order valence-electron chi connectivity index (χ0n) is 12.3. The first-order valence-corrected chi connectivity index (χ1v) is 8.02. The lowest BCUT2D eigenvalue weighted by molar-refractivity contribution is -0.384. The Balaban J connectivity index is 1.63. The van der Waals surface area contributed by atoms with Crippen LogP contribution in [0.1, 0.15) is 31.2 Å². The van der Waals surface area contributed by atoms with Crippen LogP contribution in [-0.2, 0) is 6.54 Å². The average Bonchev–Trinajstić information content (AvgIpc) is 3.03. The quantitative estimate of drug-likeness (QED) is 0.607. The van der Waals surface area contributed by atoms with E-state index < -0.39 is 0 Å². The topological polar surface area (TPSA) is 46.4 Å². The van der Waals surface area contributed by atoms with Crippen molar-refractivity contribution >= 4 is 17.3 Å². The second kappa shape index (κ2) is 5.93. The van der Waals surface area contributed by atoms with Crippen LogP contribution in [0.25, 0.3) is 0 Å². The van der Waals surface area contributed by atoms with Gasteiger partial charge in [0.1, 0.15) is 0 Å². The van der Waals surface area contributed by atoms with Crippen molar-refractivity contribution in [1.82, 2.24) is 4.90 Å². The van der Waals surface area contributed by atoms with Crippen LogP contribution >= 0.6 is 11.6 Å². The Bertz CT molecular complexity index is 549. The Morgan fingerprint density at radius 1 is 1.38 bits per heavy atom. The van der Waals surface area contributed by atoms with E-state index in [2.05, 4.69) is 11.9 Å². The van der Waals surface area contributed by atoms with Gasteiger partial charge in [0.05, 0.1) is 4.92 Å². The van der Waals surface area contributed by atoms with E-state index in [1.165, 1.54) is 31.7 Å². The fourth-order valence-electron chi connectivity index (χ4n) is 4.15. The highest BCUT2D eigenvalue weighted by Crippen LogP contribution is 2.48. The lowest BCUT2D eigenvalue weighted by Crippen LogP contribution is -2.28. The van der Waals surface area contributed by atoms with Gasteiger partial charge in [-0.1, -0.05) is 18.0 Å². The molecule has 2 saturated carbocycles. The second-order valence-electron chi connectivity index (χ2n) is 6.66. The van der Waals surface area contributed by atoms with Crippen LogP contribution in [0.3, 0.4) is 0 Å². The molecule has 0 heterocycles. The Morgan fingerprint density at radius 3 is 2.81 bits per heavy atom. The van der Waals surface area contributed by atoms with Gasteiger partial charge in [0.2, 0.25) is 0 Å². The first-order valence-electron chi connectivity index (χ1n) is 7.64. The number of nitro benzene ring substituents is 1. The normalized spacial score (nSPS) is 27.5. The van der Waals surface area contributed by atoms with Gasteiger partial charge in [-0.15, -0.1) is 0 Å². The van der Waals surface area contributed by atoms with Gasteiger partial charge < -0.3 is 4.90 Å². The lowest BCUT2D eigenvalue weighted by atomic mass is 9.88. The first kappa shape index (κ1) is 14.8. The van der Waals surface area contributed by atoms with Gasteiger partial charge in [0.15, 0.2) is 0 Å². The Hall–Kier alpha value is -1.13. The summed E-state index contributed by atoms with van der Waals surface area (Å²) in [4.78, 5) is 12.8. The van der Waals surface area contributed by atoms with E-state index in [-0.39, 0.29) is 10.6 Å². The van der Waals surface area contributed by atoms with Crippen LogP contribution < -0.4 is 0 Å². The number of rotatable bonds is 5. The number of hydrogen-bond donors (Lipinski definition) is 0. The minimum Gasteiger partial charge on any atom is -0.302 e. The minimum atomic E-state index is -0.365. The zero-order chi connectivity index (χ0) is 15.0. The molecule has 0 amide bonds. The summed E-state index contributed by atoms with van der Waals surface area (Å²) in [7, 11) is 2.08. The van der Waals surface area contributed by atoms with E-state index in [1.807, 2.05) is 0 Å². The molecule has 3 rings (SSSR count). The molecule has 2 aliphatic carbocycles. The van der Waals surface area contributed by atoms with E-state index in [9.17, 15) is 10.1 Å². The van der Waals surface area contributed by atoms with Crippen molar-refractivity contribution in [3.05, 3.63) is 38.9 Å². The maximum absolute atomic E-state index is 10.9. The largest absolute Gasteiger partial charge is 0.302 e. The summed E-state index contributed by atoms with van der Waals surface area (Å²) in [6.07, 6.45) is 5.58. The molecule has 2 fully saturated rings. The minimum absolute atomic E-state index is 0.114. The average molecular weight is 309 g/mol. The highest BCUT2D eigenvalue weighted by atomic mass is 35.5. The van der Waals surface area contributed by atoms with Gasteiger partial charge in [-0.2, -0.15) is 0 Å². The van der Waals surface area contributed by atoms with E-state index in [0.29, 0.717) is 11.6 Å². The Morgan fingerprint density at radius 2 is 2.19 bits per heavy atom. The predicted molar refractivity (Wildman–Crippen MR) is 83.4 cm³/mol. The molecule has 0 aromatic heterocycles. The summed E-state index contributed by atoms with van der Waals surface area (Å²) >= 11 is 6.18. The Kier molecular flexibility index (Phi) is 4.18. The molecule has 0 spiro atoms. The van der Waals surface area contributed by atoms with Gasteiger partial charge in [-0.05, 0) is 55.7 Å². The molecule has 0 radical (unpaired) electrons. The zero-order valence-corrected chi connectivity index (χ0v) is 13.1. The van der Waals surface area contributed by atoms with E-state index >= 15 is 0 Å². The summed E-state index contributed by atoms with van der Waals surface area (Å²) in [5.74, 6) is 2.65. The van der Waals surface area contributed by atoms with Crippen molar-refractivity contribution in [2.24, 2.45) is 17.8 Å². The molecule has 3 atom stereocenters. The highest BCUT2D eigenvalue weighted by molar-refractivity contribution is 6.31. The summed E-state index contributed by atoms with van der Waals surface area (Å²) in [5.41, 5.74) is 0.958. The molecule has 2 aliphatic rings. The van der Waals surface area contributed by atoms with Crippen molar-refractivity contribution in [2.75, 3.05) is 13.6 Å². The SMILES string of the molecule is CN(Cc1cc([N+](=O)[O-])ccc1Cl)CC1CC2CCC1C2. The standard InChI is InChI=1S/C16H21ClN2O2/c1-18(9-13-7-11-2-3-12(13)6-11)10-14-8-15(19(20)21)4-5-16(14)17/h4-5,8,11-13H,2-3,6-7,9-10H2,1H3. The molecule has 0 saturated heterocycles. The summed E-state index contributed by atoms with van der Waals surface area (Å²) in [6.45, 7) is 1.74. The van der Waals surface area contributed by atoms with Gasteiger partial charge in [-0.3, -0.25) is 10.1 Å². The lowest BCUT2D eigenvalue weighted by Gasteiger charge is -2.27. The first-order chi connectivity index (χ1) is 10.0. The number of hydrogen-bond acceptors (Lipinski definition) is 3. The van der Waals surface area contributed by atoms with Crippen LogP contribution in [-0.4, -0.2) is 23.4 Å². The van der Waals surface area contributed by atoms with E-state index in [1.54, 1.807) is 12.1 Å². The molecular formula is C16H21ClN2O2. The molecule has 2 bridgehead atoms. The molecule has 0 aliphatic heterocycles. The number of halogens is 1. The van der Waals surface area contributed by atoms with Gasteiger partial charge in [0.25, 0.3) is 5.69 Å². The highest BCUT2D eigenvalue weighted by Gasteiger charge is 2.39. The summed E-state index contributed by atoms with van der Waals surface area (Å²) in [5, 5.41) is 11.5. The fraction of sp³-hybridized carbons (Fsp3) is 0.625.